The topological polar surface area (TPSA) is 3.24 Å². The second-order valence-electron chi connectivity index (χ2n) is 2.14. The first kappa shape index (κ1) is 8.30. The van der Waals surface area contributed by atoms with Gasteiger partial charge in [0, 0.05) is 0 Å². The monoisotopic (exact) mass is 105 g/mol. The fraction of sp³-hybridized carbons (Fsp3) is 0.667. The van der Waals surface area contributed by atoms with Gasteiger partial charge in [0.15, 0.2) is 0 Å². The summed E-state index contributed by atoms with van der Waals surface area (Å²) >= 11 is 2.14. The van der Waals surface area contributed by atoms with Crippen LogP contribution < -0.4 is 0 Å². The minimum atomic E-state index is 1.06. The summed E-state index contributed by atoms with van der Waals surface area (Å²) in [6, 6.07) is 0. The maximum atomic E-state index is 2.18. The zero-order chi connectivity index (χ0) is 6.41. The molecule has 0 atom stereocenters. The van der Waals surface area contributed by atoms with Gasteiger partial charge < -0.3 is 0 Å². The molecule has 0 aromatic rings. The second-order valence-corrected chi connectivity index (χ2v) is 2.14. The number of rotatable bonds is 3. The average molecular weight is 105 g/mol. The van der Waals surface area contributed by atoms with Crippen LogP contribution in [0, 0.1) is 0 Å². The van der Waals surface area contributed by atoms with Crippen molar-refractivity contribution in [2.75, 3.05) is 20.6 Å². The van der Waals surface area contributed by atoms with Crippen molar-refractivity contribution in [1.82, 2.24) is 4.90 Å². The Morgan fingerprint density at radius 1 is 1.38 bits per heavy atom. The number of hydrogen-bond donors (Lipinski definition) is 0. The van der Waals surface area contributed by atoms with E-state index in [-0.39, 0.29) is 0 Å². The Kier molecular flexibility index (Phi) is 5.64. The zero-order valence-electron chi connectivity index (χ0n) is 6.02. The van der Waals surface area contributed by atoms with E-state index in [1.165, 1.54) is 0 Å². The number of hydrogen-bond acceptors (Lipinski definition) is 1. The third kappa shape index (κ3) is 6.30. The molecule has 0 heterocycles. The van der Waals surface area contributed by atoms with Crippen molar-refractivity contribution in [2.45, 2.75) is 5.09 Å². The van der Waals surface area contributed by atoms with Crippen LogP contribution in [0.25, 0.3) is 0 Å². The summed E-state index contributed by atoms with van der Waals surface area (Å²) in [5.74, 6) is 0. The first-order chi connectivity index (χ1) is 3.77. The molecular weight excluding hydrogens is 93.0 g/mol. The Morgan fingerprint density at radius 2 is 2.00 bits per heavy atom. The maximum absolute atomic E-state index is 2.18. The van der Waals surface area contributed by atoms with Crippen LogP contribution in [0.1, 0.15) is 0 Å². The molecule has 0 fully saturated rings. The van der Waals surface area contributed by atoms with Crippen LogP contribution in [0.3, 0.4) is 0 Å². The molecule has 0 aromatic carbocycles. The van der Waals surface area contributed by atoms with Crippen molar-refractivity contribution < 1.29 is 0 Å². The molecule has 2 heteroatoms. The molecule has 0 aliphatic rings. The van der Waals surface area contributed by atoms with Gasteiger partial charge in [-0.15, -0.1) is 0 Å². The van der Waals surface area contributed by atoms with E-state index >= 15 is 0 Å². The predicted molar refractivity (Wildman–Crippen MR) is 38.3 cm³/mol. The summed E-state index contributed by atoms with van der Waals surface area (Å²) in [4.78, 5) is 2.14. The van der Waals surface area contributed by atoms with E-state index in [1.807, 2.05) is 0 Å². The Morgan fingerprint density at radius 3 is 2.38 bits per heavy atom. The van der Waals surface area contributed by atoms with Gasteiger partial charge in [0.05, 0.1) is 0 Å². The van der Waals surface area contributed by atoms with E-state index in [9.17, 15) is 0 Å². The van der Waals surface area contributed by atoms with Crippen molar-refractivity contribution in [3.8, 4) is 0 Å². The fourth-order valence-corrected chi connectivity index (χ4v) is 0.452. The molecule has 0 amide bonds. The second kappa shape index (κ2) is 5.43. The first-order valence-corrected chi connectivity index (χ1v) is 3.07. The van der Waals surface area contributed by atoms with Crippen LogP contribution in [0.15, 0.2) is 12.2 Å². The van der Waals surface area contributed by atoms with Crippen LogP contribution >= 0.6 is 0 Å². The molecule has 0 saturated heterocycles. The van der Waals surface area contributed by atoms with Gasteiger partial charge in [-0.25, -0.2) is 0 Å². The summed E-state index contributed by atoms with van der Waals surface area (Å²) < 4.78 is 0. The molecule has 0 unspecified atom stereocenters. The third-order valence-corrected chi connectivity index (χ3v) is 0.873. The third-order valence-electron chi connectivity index (χ3n) is 0.873. The van der Waals surface area contributed by atoms with Gasteiger partial charge in [-0.3, -0.25) is 0 Å². The van der Waals surface area contributed by atoms with Crippen LogP contribution in [0.4, 0.5) is 0 Å². The molecule has 0 aliphatic heterocycles. The van der Waals surface area contributed by atoms with Crippen molar-refractivity contribution in [3.05, 3.63) is 12.2 Å². The molecule has 0 rings (SSSR count). The molecule has 0 radical (unpaired) electrons. The molecule has 0 spiro atoms. The van der Waals surface area contributed by atoms with Gasteiger partial charge in [-0.05, 0) is 0 Å². The molecule has 8 heavy (non-hydrogen) atoms. The Balaban J connectivity index is 3.03. The molecule has 0 bridgehead atoms. The first-order valence-electron chi connectivity index (χ1n) is 3.07. The zero-order valence-corrected chi connectivity index (χ0v) is 6.02. The minimum absolute atomic E-state index is 1.06. The van der Waals surface area contributed by atoms with Crippen LogP contribution in [0.2, 0.25) is 5.09 Å². The van der Waals surface area contributed by atoms with E-state index < -0.39 is 0 Å². The van der Waals surface area contributed by atoms with Crippen molar-refractivity contribution in [1.29, 1.82) is 0 Å². The quantitative estimate of drug-likeness (QED) is 0.377. The van der Waals surface area contributed by atoms with E-state index in [0.717, 1.165) is 11.6 Å². The summed E-state index contributed by atoms with van der Waals surface area (Å²) in [5.41, 5.74) is 0. The van der Waals surface area contributed by atoms with Crippen molar-refractivity contribution in [3.63, 3.8) is 0 Å². The summed E-state index contributed by atoms with van der Waals surface area (Å²) in [6.07, 6.45) is 4.36. The van der Waals surface area contributed by atoms with Crippen molar-refractivity contribution >= 4 is 17.7 Å². The average Bonchev–Trinajstić information content (AvgIpc) is 1.66. The number of nitrogens with zero attached hydrogens (tertiary/aromatic N) is 1. The molecule has 0 N–H and O–H groups in total. The molecule has 0 saturated carbocycles. The van der Waals surface area contributed by atoms with Crippen LogP contribution in [-0.4, -0.2) is 43.3 Å². The van der Waals surface area contributed by atoms with E-state index in [1.54, 1.807) is 0 Å². The van der Waals surface area contributed by atoms with E-state index in [2.05, 4.69) is 48.9 Å². The number of allylic oxidation sites excluding steroid dienone is 1. The SMILES string of the molecule is [Li][CH2]C=CCN(C)C. The summed E-state index contributed by atoms with van der Waals surface area (Å²) in [5, 5.41) is 1.15. The standard InChI is InChI=1S/C6H12N.Li/c1-4-5-6-7(2)3;/h4-5H,1,6H2,2-3H3;. The molecular formula is C6H12LiN. The van der Waals surface area contributed by atoms with Gasteiger partial charge in [0.25, 0.3) is 0 Å². The Bertz CT molecular complexity index is 68.9. The van der Waals surface area contributed by atoms with Gasteiger partial charge in [-0.2, -0.15) is 0 Å². The predicted octanol–water partition coefficient (Wildman–Crippen LogP) is 0.691. The summed E-state index contributed by atoms with van der Waals surface area (Å²) in [7, 11) is 4.14. The van der Waals surface area contributed by atoms with Crippen LogP contribution in [0.5, 0.6) is 0 Å². The Hall–Kier alpha value is 0.297. The number of likely N-dealkylation sites (N-methyl/N-ethyl adjacent to an activating group) is 1. The van der Waals surface area contributed by atoms with Gasteiger partial charge in [-0.1, -0.05) is 0 Å². The molecule has 1 nitrogen and oxygen atoms in total. The van der Waals surface area contributed by atoms with Gasteiger partial charge in [0.1, 0.15) is 0 Å². The Labute approximate surface area is 61.0 Å². The van der Waals surface area contributed by atoms with Crippen LogP contribution in [-0.2, 0) is 0 Å². The van der Waals surface area contributed by atoms with E-state index in [4.69, 9.17) is 0 Å². The fourth-order valence-electron chi connectivity index (χ4n) is 0.452. The summed E-state index contributed by atoms with van der Waals surface area (Å²) in [6.45, 7) is 1.06. The van der Waals surface area contributed by atoms with Gasteiger partial charge in [0.2, 0.25) is 0 Å². The molecule has 42 valence electrons. The van der Waals surface area contributed by atoms with Crippen molar-refractivity contribution in [2.24, 2.45) is 0 Å². The normalized spacial score (nSPS) is 11.6. The van der Waals surface area contributed by atoms with Gasteiger partial charge >= 0.3 is 60.5 Å². The van der Waals surface area contributed by atoms with E-state index in [0.29, 0.717) is 0 Å². The molecule has 0 aromatic heterocycles. The molecule has 0 aliphatic carbocycles.